The maximum atomic E-state index is 11.8. The van der Waals surface area contributed by atoms with Crippen molar-refractivity contribution in [2.75, 3.05) is 13.1 Å². The molecule has 1 atom stereocenters. The summed E-state index contributed by atoms with van der Waals surface area (Å²) in [5.41, 5.74) is 0.0141. The molecule has 0 bridgehead atoms. The van der Waals surface area contributed by atoms with Gasteiger partial charge >= 0.3 is 0 Å². The molecule has 0 radical (unpaired) electrons. The summed E-state index contributed by atoms with van der Waals surface area (Å²) in [4.78, 5) is 11.8. The fourth-order valence-corrected chi connectivity index (χ4v) is 1.50. The lowest BCUT2D eigenvalue weighted by atomic mass is 10.1. The van der Waals surface area contributed by atoms with Gasteiger partial charge in [-0.3, -0.25) is 9.46 Å². The van der Waals surface area contributed by atoms with E-state index in [1.165, 1.54) is 6.07 Å². The summed E-state index contributed by atoms with van der Waals surface area (Å²) in [5.74, 6) is -0.0262. The highest BCUT2D eigenvalue weighted by atomic mass is 31.0. The molecule has 0 saturated carbocycles. The molecule has 0 aliphatic heterocycles. The first-order valence-electron chi connectivity index (χ1n) is 5.77. The Hall–Kier alpha value is -0.970. The van der Waals surface area contributed by atoms with Gasteiger partial charge < -0.3 is 14.9 Å². The molecule has 0 aliphatic carbocycles. The van der Waals surface area contributed by atoms with E-state index in [1.807, 2.05) is 20.8 Å². The van der Waals surface area contributed by atoms with Crippen LogP contribution in [-0.4, -0.2) is 39.5 Å². The van der Waals surface area contributed by atoms with Crippen molar-refractivity contribution in [3.05, 3.63) is 17.5 Å². The summed E-state index contributed by atoms with van der Waals surface area (Å²) in [5, 5.41) is 15.2. The lowest BCUT2D eigenvalue weighted by molar-refractivity contribution is 0.0922. The van der Waals surface area contributed by atoms with Crippen LogP contribution in [0.5, 0.6) is 0 Å². The number of hydrogen-bond acceptors (Lipinski definition) is 5. The van der Waals surface area contributed by atoms with Crippen LogP contribution in [-0.2, 0) is 6.61 Å². The number of likely N-dealkylation sites (N-methyl/N-ethyl adjacent to an activating group) is 1. The molecule has 6 nitrogen and oxygen atoms in total. The molecule has 0 saturated heterocycles. The molecule has 1 aromatic heterocycles. The first-order chi connectivity index (χ1) is 8.40. The minimum Gasteiger partial charge on any atom is -0.388 e. The molecule has 0 aromatic carbocycles. The quantitative estimate of drug-likeness (QED) is 0.749. The third-order valence-electron chi connectivity index (χ3n) is 2.75. The Balaban J connectivity index is 2.55. The van der Waals surface area contributed by atoms with Crippen LogP contribution in [0.1, 0.15) is 37.0 Å². The minimum atomic E-state index is -0.305. The maximum Gasteiger partial charge on any atom is 0.273 e. The first kappa shape index (κ1) is 15.1. The fourth-order valence-electron chi connectivity index (χ4n) is 1.41. The summed E-state index contributed by atoms with van der Waals surface area (Å²) in [6.45, 7) is 7.21. The monoisotopic (exact) mass is 273 g/mol. The van der Waals surface area contributed by atoms with Crippen LogP contribution in [0.25, 0.3) is 0 Å². The zero-order chi connectivity index (χ0) is 13.8. The van der Waals surface area contributed by atoms with E-state index in [-0.39, 0.29) is 29.5 Å². The van der Waals surface area contributed by atoms with Crippen LogP contribution in [0.4, 0.5) is 0 Å². The van der Waals surface area contributed by atoms with Crippen molar-refractivity contribution >= 4 is 15.3 Å². The fraction of sp³-hybridized carbons (Fsp3) is 0.636. The van der Waals surface area contributed by atoms with Gasteiger partial charge in [0.2, 0.25) is 0 Å². The molecule has 1 rings (SSSR count). The van der Waals surface area contributed by atoms with Crippen LogP contribution in [0.15, 0.2) is 10.6 Å². The van der Waals surface area contributed by atoms with Crippen molar-refractivity contribution in [2.24, 2.45) is 0 Å². The van der Waals surface area contributed by atoms with Gasteiger partial charge in [-0.2, -0.15) is 0 Å². The topological polar surface area (TPSA) is 78.6 Å². The van der Waals surface area contributed by atoms with Crippen LogP contribution in [0.2, 0.25) is 0 Å². The number of rotatable bonds is 6. The predicted molar refractivity (Wildman–Crippen MR) is 70.9 cm³/mol. The summed E-state index contributed by atoms with van der Waals surface area (Å²) in [7, 11) is 2.64. The van der Waals surface area contributed by atoms with Crippen molar-refractivity contribution in [1.82, 2.24) is 15.1 Å². The highest BCUT2D eigenvalue weighted by Gasteiger charge is 2.24. The van der Waals surface area contributed by atoms with E-state index in [9.17, 15) is 4.79 Å². The van der Waals surface area contributed by atoms with Gasteiger partial charge in [0.05, 0.1) is 0 Å². The Morgan fingerprint density at radius 2 is 2.33 bits per heavy atom. The van der Waals surface area contributed by atoms with Gasteiger partial charge in [0.25, 0.3) is 5.91 Å². The number of nitrogens with one attached hydrogen (secondary N) is 1. The lowest BCUT2D eigenvalue weighted by Gasteiger charge is -2.34. The Kier molecular flexibility index (Phi) is 5.26. The normalized spacial score (nSPS) is 11.9. The molecule has 102 valence electrons. The van der Waals surface area contributed by atoms with Crippen molar-refractivity contribution in [3.63, 3.8) is 0 Å². The molecule has 18 heavy (non-hydrogen) atoms. The molecule has 1 amide bonds. The minimum absolute atomic E-state index is 0.168. The second kappa shape index (κ2) is 6.27. The summed E-state index contributed by atoms with van der Waals surface area (Å²) < 4.78 is 6.82. The molecule has 1 heterocycles. The molecule has 0 fully saturated rings. The number of aliphatic hydroxyl groups excluding tert-OH is 1. The SMILES string of the molecule is CCN(P)C(C)(C)CNC(=O)c1cc(CO)on1. The van der Waals surface area contributed by atoms with Crippen molar-refractivity contribution in [1.29, 1.82) is 0 Å². The zero-order valence-electron chi connectivity index (χ0n) is 10.9. The predicted octanol–water partition coefficient (Wildman–Crippen LogP) is 0.787. The lowest BCUT2D eigenvalue weighted by Crippen LogP contribution is -2.47. The molecule has 1 aromatic rings. The Morgan fingerprint density at radius 1 is 1.67 bits per heavy atom. The third-order valence-corrected chi connectivity index (χ3v) is 3.81. The summed E-state index contributed by atoms with van der Waals surface area (Å²) >= 11 is 0. The van der Waals surface area contributed by atoms with Gasteiger partial charge in [-0.1, -0.05) is 21.5 Å². The highest BCUT2D eigenvalue weighted by molar-refractivity contribution is 7.13. The number of hydrogen-bond donors (Lipinski definition) is 2. The first-order valence-corrected chi connectivity index (χ1v) is 6.29. The van der Waals surface area contributed by atoms with Crippen LogP contribution in [0.3, 0.4) is 0 Å². The number of aromatic nitrogens is 1. The standard InChI is InChI=1S/C11H20N3O3P/c1-4-14(18)11(2,3)7-12-10(16)9-5-8(6-15)17-13-9/h5,15H,4,6-7,18H2,1-3H3,(H,12,16). The number of carbonyl (C=O) groups is 1. The van der Waals surface area contributed by atoms with E-state index in [2.05, 4.69) is 24.5 Å². The van der Waals surface area contributed by atoms with Gasteiger partial charge in [0, 0.05) is 18.2 Å². The molecule has 7 heteroatoms. The second-order valence-electron chi connectivity index (χ2n) is 4.62. The van der Waals surface area contributed by atoms with E-state index in [4.69, 9.17) is 9.63 Å². The molecule has 1 unspecified atom stereocenters. The number of carbonyl (C=O) groups excluding carboxylic acids is 1. The van der Waals surface area contributed by atoms with Crippen molar-refractivity contribution < 1.29 is 14.4 Å². The van der Waals surface area contributed by atoms with Crippen LogP contribution in [0, 0.1) is 0 Å². The van der Waals surface area contributed by atoms with Gasteiger partial charge in [0.15, 0.2) is 11.5 Å². The van der Waals surface area contributed by atoms with Crippen LogP contribution < -0.4 is 5.32 Å². The summed E-state index contributed by atoms with van der Waals surface area (Å²) in [6, 6.07) is 1.43. The Morgan fingerprint density at radius 3 is 2.83 bits per heavy atom. The van der Waals surface area contributed by atoms with Gasteiger partial charge in [0.1, 0.15) is 6.61 Å². The van der Waals surface area contributed by atoms with E-state index in [0.29, 0.717) is 6.54 Å². The van der Waals surface area contributed by atoms with Gasteiger partial charge in [-0.15, -0.1) is 0 Å². The average Bonchev–Trinajstić information content (AvgIpc) is 2.83. The van der Waals surface area contributed by atoms with E-state index >= 15 is 0 Å². The molecular formula is C11H20N3O3P. The smallest absolute Gasteiger partial charge is 0.273 e. The largest absolute Gasteiger partial charge is 0.388 e. The van der Waals surface area contributed by atoms with E-state index in [1.54, 1.807) is 0 Å². The van der Waals surface area contributed by atoms with Crippen LogP contribution >= 0.6 is 9.39 Å². The summed E-state index contributed by atoms with van der Waals surface area (Å²) in [6.07, 6.45) is 0. The highest BCUT2D eigenvalue weighted by Crippen LogP contribution is 2.17. The third kappa shape index (κ3) is 3.77. The Labute approximate surface area is 109 Å². The number of amides is 1. The van der Waals surface area contributed by atoms with E-state index in [0.717, 1.165) is 6.54 Å². The Bertz CT molecular complexity index is 406. The average molecular weight is 273 g/mol. The van der Waals surface area contributed by atoms with E-state index < -0.39 is 0 Å². The van der Waals surface area contributed by atoms with Crippen molar-refractivity contribution in [3.8, 4) is 0 Å². The second-order valence-corrected chi connectivity index (χ2v) is 5.24. The zero-order valence-corrected chi connectivity index (χ0v) is 12.1. The molecular weight excluding hydrogens is 253 g/mol. The van der Waals surface area contributed by atoms with Gasteiger partial charge in [-0.05, 0) is 20.4 Å². The molecule has 0 spiro atoms. The molecule has 0 aliphatic rings. The van der Waals surface area contributed by atoms with Gasteiger partial charge in [-0.25, -0.2) is 0 Å². The van der Waals surface area contributed by atoms with Crippen molar-refractivity contribution in [2.45, 2.75) is 32.9 Å². The number of nitrogens with zero attached hydrogens (tertiary/aromatic N) is 2. The maximum absolute atomic E-state index is 11.8. The number of aliphatic hydroxyl groups is 1. The molecule has 2 N–H and O–H groups in total.